The summed E-state index contributed by atoms with van der Waals surface area (Å²) in [5, 5.41) is 0. The standard InChI is InChI=1S/C20H37N3O3/c1-8-14-21-16(24)22(15-12-10-9-11-13-19(2,3)4)18(26)23(17(21)25)20(5,6)7/h8-15H2,1-7H3. The third kappa shape index (κ3) is 5.99. The number of hydrogen-bond donors (Lipinski definition) is 0. The molecule has 26 heavy (non-hydrogen) atoms. The molecule has 1 aromatic heterocycles. The number of hydrogen-bond acceptors (Lipinski definition) is 3. The van der Waals surface area contributed by atoms with Crippen molar-refractivity contribution in [2.24, 2.45) is 5.41 Å². The molecule has 1 aromatic rings. The molecule has 0 saturated carbocycles. The molecule has 6 nitrogen and oxygen atoms in total. The maximum Gasteiger partial charge on any atom is 0.336 e. The Morgan fingerprint density at radius 2 is 1.19 bits per heavy atom. The topological polar surface area (TPSA) is 66.0 Å². The number of aromatic nitrogens is 3. The maximum atomic E-state index is 12.8. The van der Waals surface area contributed by atoms with E-state index < -0.39 is 22.6 Å². The van der Waals surface area contributed by atoms with Gasteiger partial charge in [-0.2, -0.15) is 0 Å². The van der Waals surface area contributed by atoms with Gasteiger partial charge in [0.15, 0.2) is 0 Å². The van der Waals surface area contributed by atoms with Crippen LogP contribution >= 0.6 is 0 Å². The van der Waals surface area contributed by atoms with E-state index in [1.807, 2.05) is 27.7 Å². The van der Waals surface area contributed by atoms with Crippen molar-refractivity contribution in [1.29, 1.82) is 0 Å². The van der Waals surface area contributed by atoms with E-state index in [-0.39, 0.29) is 0 Å². The highest BCUT2D eigenvalue weighted by molar-refractivity contribution is 4.85. The average molecular weight is 368 g/mol. The monoisotopic (exact) mass is 367 g/mol. The Hall–Kier alpha value is -1.59. The molecular weight excluding hydrogens is 330 g/mol. The molecule has 0 spiro atoms. The van der Waals surface area contributed by atoms with E-state index >= 15 is 0 Å². The zero-order valence-electron chi connectivity index (χ0n) is 17.7. The summed E-state index contributed by atoms with van der Waals surface area (Å²) in [7, 11) is 0. The number of nitrogens with zero attached hydrogens (tertiary/aromatic N) is 3. The lowest BCUT2D eigenvalue weighted by atomic mass is 9.89. The van der Waals surface area contributed by atoms with Crippen LogP contribution in [-0.2, 0) is 18.6 Å². The van der Waals surface area contributed by atoms with Gasteiger partial charge in [-0.25, -0.2) is 28.1 Å². The molecule has 0 bridgehead atoms. The first-order valence-electron chi connectivity index (χ1n) is 9.87. The Balaban J connectivity index is 3.01. The second-order valence-electron chi connectivity index (χ2n) is 9.38. The van der Waals surface area contributed by atoms with Crippen molar-refractivity contribution < 1.29 is 0 Å². The SMILES string of the molecule is CCCn1c(=O)n(CCCCCCC(C)(C)C)c(=O)n(C(C)(C)C)c1=O. The van der Waals surface area contributed by atoms with Gasteiger partial charge in [-0.1, -0.05) is 47.0 Å². The van der Waals surface area contributed by atoms with Crippen molar-refractivity contribution in [1.82, 2.24) is 13.7 Å². The van der Waals surface area contributed by atoms with Crippen LogP contribution in [0.2, 0.25) is 0 Å². The first-order valence-corrected chi connectivity index (χ1v) is 9.87. The van der Waals surface area contributed by atoms with Crippen LogP contribution in [0.5, 0.6) is 0 Å². The predicted octanol–water partition coefficient (Wildman–Crippen LogP) is 3.33. The fourth-order valence-corrected chi connectivity index (χ4v) is 3.09. The van der Waals surface area contributed by atoms with E-state index in [0.717, 1.165) is 25.7 Å². The lowest BCUT2D eigenvalue weighted by molar-refractivity contribution is 0.315. The molecule has 0 atom stereocenters. The molecular formula is C20H37N3O3. The molecule has 6 heteroatoms. The van der Waals surface area contributed by atoms with Crippen molar-refractivity contribution in [2.45, 2.75) is 106 Å². The minimum atomic E-state index is -0.661. The Labute approximate surface area is 156 Å². The molecule has 1 heterocycles. The van der Waals surface area contributed by atoms with Gasteiger partial charge in [-0.05, 0) is 45.4 Å². The van der Waals surface area contributed by atoms with Crippen LogP contribution in [-0.4, -0.2) is 13.7 Å². The summed E-state index contributed by atoms with van der Waals surface area (Å²) >= 11 is 0. The van der Waals surface area contributed by atoms with Gasteiger partial charge in [0.05, 0.1) is 0 Å². The number of rotatable bonds is 8. The summed E-state index contributed by atoms with van der Waals surface area (Å²) in [6, 6.07) is 0. The molecule has 150 valence electrons. The molecule has 0 saturated heterocycles. The second-order valence-corrected chi connectivity index (χ2v) is 9.38. The van der Waals surface area contributed by atoms with E-state index in [9.17, 15) is 14.4 Å². The Kier molecular flexibility index (Phi) is 7.66. The van der Waals surface area contributed by atoms with Crippen LogP contribution in [0.15, 0.2) is 14.4 Å². The average Bonchev–Trinajstić information content (AvgIpc) is 2.47. The van der Waals surface area contributed by atoms with Gasteiger partial charge in [0, 0.05) is 18.6 Å². The van der Waals surface area contributed by atoms with Crippen LogP contribution in [0.3, 0.4) is 0 Å². The maximum absolute atomic E-state index is 12.8. The van der Waals surface area contributed by atoms with E-state index in [1.165, 1.54) is 20.1 Å². The molecule has 0 N–H and O–H groups in total. The summed E-state index contributed by atoms with van der Waals surface area (Å²) < 4.78 is 3.65. The molecule has 0 aliphatic carbocycles. The van der Waals surface area contributed by atoms with Gasteiger partial charge < -0.3 is 0 Å². The van der Waals surface area contributed by atoms with E-state index in [4.69, 9.17) is 0 Å². The Morgan fingerprint density at radius 3 is 1.65 bits per heavy atom. The smallest absolute Gasteiger partial charge is 0.247 e. The number of unbranched alkanes of at least 4 members (excludes halogenated alkanes) is 3. The van der Waals surface area contributed by atoms with Crippen molar-refractivity contribution in [3.8, 4) is 0 Å². The minimum absolute atomic E-state index is 0.333. The normalized spacial score (nSPS) is 12.6. The van der Waals surface area contributed by atoms with Gasteiger partial charge in [-0.15, -0.1) is 0 Å². The van der Waals surface area contributed by atoms with Crippen molar-refractivity contribution >= 4 is 0 Å². The van der Waals surface area contributed by atoms with Crippen LogP contribution < -0.4 is 17.1 Å². The summed E-state index contributed by atoms with van der Waals surface area (Å²) in [4.78, 5) is 38.0. The Bertz CT molecular complexity index is 755. The molecule has 0 aliphatic rings. The van der Waals surface area contributed by atoms with Crippen molar-refractivity contribution in [3.63, 3.8) is 0 Å². The van der Waals surface area contributed by atoms with Gasteiger partial charge in [0.1, 0.15) is 0 Å². The molecule has 0 unspecified atom stereocenters. The van der Waals surface area contributed by atoms with Crippen LogP contribution in [0.4, 0.5) is 0 Å². The third-order valence-corrected chi connectivity index (χ3v) is 4.48. The third-order valence-electron chi connectivity index (χ3n) is 4.48. The predicted molar refractivity (Wildman–Crippen MR) is 107 cm³/mol. The molecule has 0 amide bonds. The largest absolute Gasteiger partial charge is 0.336 e. The van der Waals surface area contributed by atoms with Crippen molar-refractivity contribution in [2.75, 3.05) is 0 Å². The highest BCUT2D eigenvalue weighted by Crippen LogP contribution is 2.22. The molecule has 0 radical (unpaired) electrons. The van der Waals surface area contributed by atoms with E-state index in [1.54, 1.807) is 0 Å². The van der Waals surface area contributed by atoms with Crippen LogP contribution in [0.1, 0.15) is 87.0 Å². The summed E-state index contributed by atoms with van der Waals surface area (Å²) in [5.74, 6) is 0. The zero-order valence-corrected chi connectivity index (χ0v) is 17.7. The highest BCUT2D eigenvalue weighted by Gasteiger charge is 2.23. The Morgan fingerprint density at radius 1 is 0.692 bits per heavy atom. The first kappa shape index (κ1) is 22.5. The minimum Gasteiger partial charge on any atom is -0.247 e. The van der Waals surface area contributed by atoms with Crippen LogP contribution in [0, 0.1) is 5.41 Å². The molecule has 0 aromatic carbocycles. The summed E-state index contributed by atoms with van der Waals surface area (Å²) in [5.41, 5.74) is -1.79. The molecule has 0 fully saturated rings. The first-order chi connectivity index (χ1) is 11.9. The van der Waals surface area contributed by atoms with E-state index in [0.29, 0.717) is 24.9 Å². The molecule has 1 rings (SSSR count). The van der Waals surface area contributed by atoms with Gasteiger partial charge in [-0.3, -0.25) is 0 Å². The quantitative estimate of drug-likeness (QED) is 0.662. The van der Waals surface area contributed by atoms with Crippen molar-refractivity contribution in [3.05, 3.63) is 31.5 Å². The van der Waals surface area contributed by atoms with E-state index in [2.05, 4.69) is 20.8 Å². The zero-order chi connectivity index (χ0) is 20.1. The lowest BCUT2D eigenvalue weighted by Gasteiger charge is -2.23. The van der Waals surface area contributed by atoms with Gasteiger partial charge in [0.25, 0.3) is 0 Å². The van der Waals surface area contributed by atoms with Crippen LogP contribution in [0.25, 0.3) is 0 Å². The molecule has 0 aliphatic heterocycles. The highest BCUT2D eigenvalue weighted by atomic mass is 16.2. The van der Waals surface area contributed by atoms with Gasteiger partial charge >= 0.3 is 17.1 Å². The fraction of sp³-hybridized carbons (Fsp3) is 0.850. The fourth-order valence-electron chi connectivity index (χ4n) is 3.09. The van der Waals surface area contributed by atoms with Gasteiger partial charge in [0.2, 0.25) is 0 Å². The summed E-state index contributed by atoms with van der Waals surface area (Å²) in [6.45, 7) is 14.8. The second kappa shape index (κ2) is 8.87. The summed E-state index contributed by atoms with van der Waals surface area (Å²) in [6.07, 6.45) is 5.83. The lowest BCUT2D eigenvalue weighted by Crippen LogP contribution is -2.58.